The number of ether oxygens (including phenoxy) is 2. The van der Waals surface area contributed by atoms with Crippen molar-refractivity contribution in [3.05, 3.63) is 102 Å². The van der Waals surface area contributed by atoms with Crippen LogP contribution in [0.4, 0.5) is 4.79 Å². The number of alkyl carbamates (subject to hydrolysis) is 1. The molecule has 4 atom stereocenters. The number of amides is 4. The Kier molecular flexibility index (Phi) is 13.2. The molecule has 3 aromatic carbocycles. The van der Waals surface area contributed by atoms with Crippen molar-refractivity contribution in [2.45, 2.75) is 83.6 Å². The van der Waals surface area contributed by atoms with Crippen LogP contribution in [-0.4, -0.2) is 94.2 Å². The van der Waals surface area contributed by atoms with E-state index in [1.54, 1.807) is 39.8 Å². The number of aromatic hydroxyl groups is 1. The first kappa shape index (κ1) is 38.4. The maximum absolute atomic E-state index is 14.4. The molecule has 51 heavy (non-hydrogen) atoms. The van der Waals surface area contributed by atoms with Crippen LogP contribution < -0.4 is 10.6 Å². The summed E-state index contributed by atoms with van der Waals surface area (Å²) in [6.45, 7) is 8.68. The molecule has 1 heterocycles. The summed E-state index contributed by atoms with van der Waals surface area (Å²) in [5, 5.41) is 15.0. The van der Waals surface area contributed by atoms with Crippen molar-refractivity contribution in [2.75, 3.05) is 19.7 Å². The highest BCUT2D eigenvalue weighted by Gasteiger charge is 2.43. The first-order valence-electron chi connectivity index (χ1n) is 17.2. The number of piperazine rings is 1. The molecule has 12 heteroatoms. The highest BCUT2D eigenvalue weighted by molar-refractivity contribution is 5.95. The molecule has 3 aromatic rings. The van der Waals surface area contributed by atoms with Gasteiger partial charge in [-0.25, -0.2) is 9.59 Å². The third-order valence-corrected chi connectivity index (χ3v) is 8.40. The number of nitrogens with one attached hydrogen (secondary N) is 2. The fraction of sp³-hybridized carbons (Fsp3) is 0.410. The van der Waals surface area contributed by atoms with Crippen LogP contribution in [0.15, 0.2) is 84.9 Å². The summed E-state index contributed by atoms with van der Waals surface area (Å²) in [5.74, 6) is -2.00. The van der Waals surface area contributed by atoms with Crippen molar-refractivity contribution >= 4 is 29.8 Å². The Hall–Kier alpha value is -5.39. The standard InChI is InChI=1S/C39H48N4O8/c1-6-50-37(48)33(25-28-15-11-8-12-16-28)43-22-21-42(32(36(43)47)24-27-13-9-7-10-14-27)35(46)26(2)40-34(45)31(41-38(49)51-39(3,4)5)23-29-17-19-30(44)20-18-29/h7-20,26,31-33,44H,6,21-25H2,1-5H3,(H,40,45)(H,41,49)/t26-,31+,32-,33-/m1/s1. The van der Waals surface area contributed by atoms with Crippen LogP contribution in [0, 0.1) is 0 Å². The van der Waals surface area contributed by atoms with Gasteiger partial charge in [0.05, 0.1) is 6.61 Å². The SMILES string of the molecule is CCOC(=O)[C@@H](Cc1ccccc1)N1CCN(C(=O)[C@@H](C)NC(=O)[C@H](Cc2ccc(O)cc2)NC(=O)OC(C)(C)C)[C@H](Cc2ccccc2)C1=O. The normalized spacial score (nSPS) is 16.4. The molecule has 0 radical (unpaired) electrons. The number of rotatable bonds is 13. The van der Waals surface area contributed by atoms with Gasteiger partial charge in [-0.1, -0.05) is 72.8 Å². The van der Waals surface area contributed by atoms with E-state index in [4.69, 9.17) is 9.47 Å². The summed E-state index contributed by atoms with van der Waals surface area (Å²) in [6.07, 6.45) is -0.322. The van der Waals surface area contributed by atoms with Gasteiger partial charge in [0.2, 0.25) is 17.7 Å². The zero-order valence-corrected chi connectivity index (χ0v) is 29.8. The molecule has 1 aliphatic heterocycles. The lowest BCUT2D eigenvalue weighted by Crippen LogP contribution is -2.65. The van der Waals surface area contributed by atoms with Crippen molar-refractivity contribution in [2.24, 2.45) is 0 Å². The molecule has 1 saturated heterocycles. The molecule has 0 aromatic heterocycles. The summed E-state index contributed by atoms with van der Waals surface area (Å²) in [4.78, 5) is 71.1. The fourth-order valence-electron chi connectivity index (χ4n) is 5.96. The number of hydrogen-bond acceptors (Lipinski definition) is 8. The molecule has 12 nitrogen and oxygen atoms in total. The van der Waals surface area contributed by atoms with Crippen LogP contribution in [0.5, 0.6) is 5.75 Å². The van der Waals surface area contributed by atoms with Gasteiger partial charge in [-0.3, -0.25) is 14.4 Å². The zero-order valence-electron chi connectivity index (χ0n) is 29.8. The highest BCUT2D eigenvalue weighted by atomic mass is 16.6. The first-order chi connectivity index (χ1) is 24.3. The second kappa shape index (κ2) is 17.5. The van der Waals surface area contributed by atoms with Crippen molar-refractivity contribution in [1.29, 1.82) is 0 Å². The Morgan fingerprint density at radius 1 is 0.843 bits per heavy atom. The molecule has 0 bridgehead atoms. The first-order valence-corrected chi connectivity index (χ1v) is 17.2. The lowest BCUT2D eigenvalue weighted by molar-refractivity contribution is -0.163. The Bertz CT molecular complexity index is 1640. The van der Waals surface area contributed by atoms with Gasteiger partial charge in [0, 0.05) is 32.4 Å². The van der Waals surface area contributed by atoms with Crippen molar-refractivity contribution in [3.8, 4) is 5.75 Å². The van der Waals surface area contributed by atoms with Crippen LogP contribution in [0.25, 0.3) is 0 Å². The van der Waals surface area contributed by atoms with Gasteiger partial charge in [0.15, 0.2) is 0 Å². The number of phenols is 1. The molecule has 3 N–H and O–H groups in total. The molecular weight excluding hydrogens is 652 g/mol. The second-order valence-electron chi connectivity index (χ2n) is 13.5. The van der Waals surface area contributed by atoms with Gasteiger partial charge in [-0.2, -0.15) is 0 Å². The van der Waals surface area contributed by atoms with Gasteiger partial charge < -0.3 is 35.0 Å². The molecule has 0 unspecified atom stereocenters. The zero-order chi connectivity index (χ0) is 37.1. The molecule has 4 amide bonds. The molecule has 0 spiro atoms. The van der Waals surface area contributed by atoms with E-state index in [9.17, 15) is 29.1 Å². The van der Waals surface area contributed by atoms with Gasteiger partial charge >= 0.3 is 12.1 Å². The summed E-state index contributed by atoms with van der Waals surface area (Å²) in [6, 6.07) is 20.8. The molecule has 272 valence electrons. The number of carbonyl (C=O) groups excluding carboxylic acids is 5. The molecule has 4 rings (SSSR count). The maximum atomic E-state index is 14.4. The molecule has 0 aliphatic carbocycles. The van der Waals surface area contributed by atoms with Crippen molar-refractivity contribution in [3.63, 3.8) is 0 Å². The Balaban J connectivity index is 1.57. The van der Waals surface area contributed by atoms with Crippen LogP contribution >= 0.6 is 0 Å². The van der Waals surface area contributed by atoms with E-state index in [0.29, 0.717) is 5.56 Å². The number of esters is 1. The smallest absolute Gasteiger partial charge is 0.408 e. The summed E-state index contributed by atoms with van der Waals surface area (Å²) < 4.78 is 10.8. The minimum absolute atomic E-state index is 0.0485. The number of benzene rings is 3. The van der Waals surface area contributed by atoms with Crippen LogP contribution in [0.1, 0.15) is 51.3 Å². The van der Waals surface area contributed by atoms with E-state index in [-0.39, 0.29) is 44.7 Å². The van der Waals surface area contributed by atoms with E-state index >= 15 is 0 Å². The predicted molar refractivity (Wildman–Crippen MR) is 191 cm³/mol. The highest BCUT2D eigenvalue weighted by Crippen LogP contribution is 2.23. The fourth-order valence-corrected chi connectivity index (χ4v) is 5.96. The molecule has 1 fully saturated rings. The van der Waals surface area contributed by atoms with E-state index in [1.807, 2.05) is 60.7 Å². The van der Waals surface area contributed by atoms with Crippen LogP contribution in [0.2, 0.25) is 0 Å². The monoisotopic (exact) mass is 700 g/mol. The number of nitrogens with zero attached hydrogens (tertiary/aromatic N) is 2. The third kappa shape index (κ3) is 11.1. The number of phenolic OH excluding ortho intramolecular Hbond substituents is 1. The third-order valence-electron chi connectivity index (χ3n) is 8.40. The summed E-state index contributed by atoms with van der Waals surface area (Å²) in [5.41, 5.74) is 1.51. The molecular formula is C39H48N4O8. The average molecular weight is 701 g/mol. The predicted octanol–water partition coefficient (Wildman–Crippen LogP) is 3.79. The van der Waals surface area contributed by atoms with E-state index in [0.717, 1.165) is 11.1 Å². The van der Waals surface area contributed by atoms with Crippen LogP contribution in [0.3, 0.4) is 0 Å². The Morgan fingerprint density at radius 2 is 1.43 bits per heavy atom. The summed E-state index contributed by atoms with van der Waals surface area (Å²) >= 11 is 0. The average Bonchev–Trinajstić information content (AvgIpc) is 3.08. The van der Waals surface area contributed by atoms with E-state index in [1.165, 1.54) is 28.9 Å². The Labute approximate surface area is 299 Å². The maximum Gasteiger partial charge on any atom is 0.408 e. The second-order valence-corrected chi connectivity index (χ2v) is 13.5. The minimum Gasteiger partial charge on any atom is -0.508 e. The molecule has 1 aliphatic rings. The lowest BCUT2D eigenvalue weighted by Gasteiger charge is -2.44. The lowest BCUT2D eigenvalue weighted by atomic mass is 9.97. The van der Waals surface area contributed by atoms with E-state index < -0.39 is 59.6 Å². The number of carbonyl (C=O) groups is 5. The summed E-state index contributed by atoms with van der Waals surface area (Å²) in [7, 11) is 0. The molecule has 0 saturated carbocycles. The quantitative estimate of drug-likeness (QED) is 0.228. The topological polar surface area (TPSA) is 155 Å². The van der Waals surface area contributed by atoms with Gasteiger partial charge in [0.25, 0.3) is 0 Å². The minimum atomic E-state index is -1.12. The van der Waals surface area contributed by atoms with Crippen LogP contribution in [-0.2, 0) is 47.9 Å². The van der Waals surface area contributed by atoms with Crippen molar-refractivity contribution in [1.82, 2.24) is 20.4 Å². The Morgan fingerprint density at radius 3 is 2.02 bits per heavy atom. The van der Waals surface area contributed by atoms with Gasteiger partial charge in [0.1, 0.15) is 35.5 Å². The van der Waals surface area contributed by atoms with Crippen molar-refractivity contribution < 1.29 is 38.6 Å². The van der Waals surface area contributed by atoms with E-state index in [2.05, 4.69) is 10.6 Å². The van der Waals surface area contributed by atoms with Gasteiger partial charge in [-0.05, 0) is 63.4 Å². The number of hydrogen-bond donors (Lipinski definition) is 3. The van der Waals surface area contributed by atoms with Gasteiger partial charge in [-0.15, -0.1) is 0 Å². The largest absolute Gasteiger partial charge is 0.508 e.